The number of nitrogens with zero attached hydrogens (tertiary/aromatic N) is 2. The number of ether oxygens (including phenoxy) is 1. The molecule has 0 bridgehead atoms. The third-order valence-corrected chi connectivity index (χ3v) is 7.62. The Hall–Kier alpha value is -1.84. The van der Waals surface area contributed by atoms with Crippen LogP contribution >= 0.6 is 11.6 Å². The lowest BCUT2D eigenvalue weighted by atomic mass is 9.98. The molecule has 1 fully saturated rings. The van der Waals surface area contributed by atoms with Crippen LogP contribution in [-0.4, -0.2) is 68.0 Å². The molecule has 1 saturated heterocycles. The maximum absolute atomic E-state index is 12.7. The van der Waals surface area contributed by atoms with E-state index in [1.807, 2.05) is 20.8 Å². The molecule has 10 heteroatoms. The number of halogens is 1. The van der Waals surface area contributed by atoms with Gasteiger partial charge in [-0.2, -0.15) is 0 Å². The number of carbonyl (C=O) groups excluding carboxylic acids is 2. The molecule has 2 rings (SSSR count). The molecular formula is C21H32ClN3O5S. The van der Waals surface area contributed by atoms with Gasteiger partial charge in [0.25, 0.3) is 5.91 Å². The number of rotatable bonds is 10. The van der Waals surface area contributed by atoms with Gasteiger partial charge in [0.05, 0.1) is 16.7 Å². The summed E-state index contributed by atoms with van der Waals surface area (Å²) in [5.74, 6) is -0.331. The highest BCUT2D eigenvalue weighted by Crippen LogP contribution is 2.29. The number of sulfonamides is 1. The number of amides is 2. The number of carbonyl (C=O) groups is 2. The van der Waals surface area contributed by atoms with Crippen molar-refractivity contribution in [2.45, 2.75) is 40.0 Å². The van der Waals surface area contributed by atoms with Crippen molar-refractivity contribution >= 4 is 39.1 Å². The predicted molar refractivity (Wildman–Crippen MR) is 122 cm³/mol. The summed E-state index contributed by atoms with van der Waals surface area (Å²) < 4.78 is 31.6. The van der Waals surface area contributed by atoms with Crippen LogP contribution < -0.4 is 10.1 Å². The molecule has 0 spiro atoms. The molecule has 1 N–H and O–H groups in total. The van der Waals surface area contributed by atoms with E-state index in [2.05, 4.69) is 5.32 Å². The Morgan fingerprint density at radius 2 is 1.97 bits per heavy atom. The van der Waals surface area contributed by atoms with Crippen molar-refractivity contribution in [1.29, 1.82) is 0 Å². The summed E-state index contributed by atoms with van der Waals surface area (Å²) >= 11 is 6.26. The van der Waals surface area contributed by atoms with E-state index in [1.165, 1.54) is 4.31 Å². The van der Waals surface area contributed by atoms with Crippen molar-refractivity contribution in [3.8, 4) is 5.75 Å². The smallest absolute Gasteiger partial charge is 0.260 e. The van der Waals surface area contributed by atoms with Crippen LogP contribution in [0.2, 0.25) is 5.02 Å². The largest absolute Gasteiger partial charge is 0.482 e. The van der Waals surface area contributed by atoms with Crippen LogP contribution in [0.4, 0.5) is 5.69 Å². The quantitative estimate of drug-likeness (QED) is 0.563. The summed E-state index contributed by atoms with van der Waals surface area (Å²) in [6, 6.07) is 4.81. The maximum Gasteiger partial charge on any atom is 0.260 e. The molecule has 0 radical (unpaired) electrons. The van der Waals surface area contributed by atoms with Gasteiger partial charge in [-0.05, 0) is 51.3 Å². The van der Waals surface area contributed by atoms with Crippen molar-refractivity contribution < 1.29 is 22.7 Å². The topological polar surface area (TPSA) is 96.0 Å². The average molecular weight is 474 g/mol. The van der Waals surface area contributed by atoms with Crippen LogP contribution in [0.25, 0.3) is 0 Å². The Kier molecular flexibility index (Phi) is 9.58. The third kappa shape index (κ3) is 7.08. The monoisotopic (exact) mass is 473 g/mol. The number of likely N-dealkylation sites (N-methyl/N-ethyl adjacent to an activating group) is 1. The van der Waals surface area contributed by atoms with E-state index in [1.54, 1.807) is 23.1 Å². The molecule has 0 aromatic heterocycles. The highest BCUT2D eigenvalue weighted by molar-refractivity contribution is 7.89. The third-order valence-electron chi connectivity index (χ3n) is 5.28. The Bertz CT molecular complexity index is 874. The minimum atomic E-state index is -3.32. The van der Waals surface area contributed by atoms with Gasteiger partial charge < -0.3 is 15.0 Å². The Morgan fingerprint density at radius 3 is 2.58 bits per heavy atom. The van der Waals surface area contributed by atoms with Gasteiger partial charge in [0.15, 0.2) is 6.61 Å². The van der Waals surface area contributed by atoms with Crippen molar-refractivity contribution in [3.05, 3.63) is 23.2 Å². The lowest BCUT2D eigenvalue weighted by Gasteiger charge is -2.31. The molecule has 31 heavy (non-hydrogen) atoms. The number of hydrogen-bond acceptors (Lipinski definition) is 5. The second kappa shape index (κ2) is 11.7. The molecule has 1 aliphatic heterocycles. The van der Waals surface area contributed by atoms with Gasteiger partial charge in [-0.15, -0.1) is 0 Å². The van der Waals surface area contributed by atoms with E-state index in [-0.39, 0.29) is 35.7 Å². The first kappa shape index (κ1) is 25.4. The standard InChI is InChI=1S/C21H32ClN3O5S/c1-4-12-31(28,29)25-11-7-8-16(14-25)21(27)23-17-9-10-19(18(22)13-17)30-15-20(26)24(5-2)6-3/h9-10,13,16H,4-8,11-12,14-15H2,1-3H3,(H,23,27). The zero-order valence-electron chi connectivity index (χ0n) is 18.4. The molecule has 2 amide bonds. The highest BCUT2D eigenvalue weighted by atomic mass is 35.5. The first-order chi connectivity index (χ1) is 14.7. The fraction of sp³-hybridized carbons (Fsp3) is 0.619. The molecule has 1 aromatic rings. The summed E-state index contributed by atoms with van der Waals surface area (Å²) in [6.07, 6.45) is 1.82. The summed E-state index contributed by atoms with van der Waals surface area (Å²) in [4.78, 5) is 26.4. The van der Waals surface area contributed by atoms with E-state index < -0.39 is 15.9 Å². The van der Waals surface area contributed by atoms with E-state index in [9.17, 15) is 18.0 Å². The van der Waals surface area contributed by atoms with Gasteiger partial charge >= 0.3 is 0 Å². The minimum Gasteiger partial charge on any atom is -0.482 e. The van der Waals surface area contributed by atoms with Gasteiger partial charge in [0.2, 0.25) is 15.9 Å². The molecule has 0 saturated carbocycles. The molecule has 1 heterocycles. The molecule has 1 aliphatic rings. The second-order valence-electron chi connectivity index (χ2n) is 7.50. The summed E-state index contributed by atoms with van der Waals surface area (Å²) in [5.41, 5.74) is 0.492. The zero-order chi connectivity index (χ0) is 23.0. The molecule has 1 atom stereocenters. The molecule has 174 valence electrons. The SMILES string of the molecule is CCCS(=O)(=O)N1CCCC(C(=O)Nc2ccc(OCC(=O)N(CC)CC)c(Cl)c2)C1. The number of piperidine rings is 1. The van der Waals surface area contributed by atoms with Crippen molar-refractivity contribution in [2.75, 3.05) is 43.9 Å². The minimum absolute atomic E-state index is 0.0924. The van der Waals surface area contributed by atoms with E-state index in [0.29, 0.717) is 50.3 Å². The van der Waals surface area contributed by atoms with Crippen LogP contribution in [0.3, 0.4) is 0 Å². The molecule has 8 nitrogen and oxygen atoms in total. The van der Waals surface area contributed by atoms with Gasteiger partial charge in [-0.3, -0.25) is 9.59 Å². The first-order valence-corrected chi connectivity index (χ1v) is 12.7. The average Bonchev–Trinajstić information content (AvgIpc) is 2.74. The molecule has 1 aromatic carbocycles. The number of nitrogens with one attached hydrogen (secondary N) is 1. The Balaban J connectivity index is 1.96. The number of anilines is 1. The van der Waals surface area contributed by atoms with E-state index in [0.717, 1.165) is 0 Å². The fourth-order valence-corrected chi connectivity index (χ4v) is 5.37. The normalized spacial score (nSPS) is 17.2. The van der Waals surface area contributed by atoms with Gasteiger partial charge in [0.1, 0.15) is 5.75 Å². The zero-order valence-corrected chi connectivity index (χ0v) is 20.0. The predicted octanol–water partition coefficient (Wildman–Crippen LogP) is 2.98. The first-order valence-electron chi connectivity index (χ1n) is 10.7. The lowest BCUT2D eigenvalue weighted by Crippen LogP contribution is -2.44. The van der Waals surface area contributed by atoms with Gasteiger partial charge in [0, 0.05) is 31.9 Å². The lowest BCUT2D eigenvalue weighted by molar-refractivity contribution is -0.133. The molecular weight excluding hydrogens is 442 g/mol. The van der Waals surface area contributed by atoms with Gasteiger partial charge in [-0.1, -0.05) is 18.5 Å². The van der Waals surface area contributed by atoms with E-state index >= 15 is 0 Å². The Labute approximate surface area is 189 Å². The Morgan fingerprint density at radius 1 is 1.26 bits per heavy atom. The van der Waals surface area contributed by atoms with Crippen LogP contribution in [0.1, 0.15) is 40.0 Å². The van der Waals surface area contributed by atoms with Crippen molar-refractivity contribution in [2.24, 2.45) is 5.92 Å². The molecule has 1 unspecified atom stereocenters. The maximum atomic E-state index is 12.7. The van der Waals surface area contributed by atoms with Crippen LogP contribution in [0, 0.1) is 5.92 Å². The second-order valence-corrected chi connectivity index (χ2v) is 10.00. The van der Waals surface area contributed by atoms with Crippen LogP contribution in [-0.2, 0) is 19.6 Å². The fourth-order valence-electron chi connectivity index (χ4n) is 3.54. The summed E-state index contributed by atoms with van der Waals surface area (Å²) in [7, 11) is -3.32. The van der Waals surface area contributed by atoms with Crippen LogP contribution in [0.5, 0.6) is 5.75 Å². The highest BCUT2D eigenvalue weighted by Gasteiger charge is 2.31. The number of benzene rings is 1. The van der Waals surface area contributed by atoms with Gasteiger partial charge in [-0.25, -0.2) is 12.7 Å². The molecule has 0 aliphatic carbocycles. The number of hydrogen-bond donors (Lipinski definition) is 1. The van der Waals surface area contributed by atoms with Crippen molar-refractivity contribution in [3.63, 3.8) is 0 Å². The van der Waals surface area contributed by atoms with Crippen LogP contribution in [0.15, 0.2) is 18.2 Å². The van der Waals surface area contributed by atoms with Crippen molar-refractivity contribution in [1.82, 2.24) is 9.21 Å². The van der Waals surface area contributed by atoms with E-state index in [4.69, 9.17) is 16.3 Å². The summed E-state index contributed by atoms with van der Waals surface area (Å²) in [6.45, 7) is 7.37. The summed E-state index contributed by atoms with van der Waals surface area (Å²) in [5, 5.41) is 3.09.